The maximum Gasteiger partial charge on any atom is 0.262 e. The number of nitrogens with one attached hydrogen (secondary N) is 1. The lowest BCUT2D eigenvalue weighted by Gasteiger charge is -2.14. The molecule has 0 aliphatic rings. The van der Waals surface area contributed by atoms with Crippen molar-refractivity contribution in [2.75, 3.05) is 32.0 Å². The number of hydrogen-bond acceptors (Lipinski definition) is 5. The van der Waals surface area contributed by atoms with Crippen molar-refractivity contribution < 1.29 is 13.2 Å². The van der Waals surface area contributed by atoms with Gasteiger partial charge in [-0.1, -0.05) is 11.6 Å². The van der Waals surface area contributed by atoms with Crippen molar-refractivity contribution in [2.45, 2.75) is 18.2 Å². The van der Waals surface area contributed by atoms with E-state index < -0.39 is 10.0 Å². The van der Waals surface area contributed by atoms with Crippen LogP contribution in [0.1, 0.15) is 12.0 Å². The molecule has 142 valence electrons. The average Bonchev–Trinajstić information content (AvgIpc) is 2.51. The number of aryl methyl sites for hydroxylation is 1. The standard InChI is InChI=1S/C17H21BrClN3O3S/c1-12-7-14(19)10-15(8-12)26(23,24)21-16-9-13(18)11-20-17(16)25-6-4-5-22(2)3/h7-11,21H,4-6H2,1-3H3. The quantitative estimate of drug-likeness (QED) is 0.602. The third-order valence-electron chi connectivity index (χ3n) is 3.38. The van der Waals surface area contributed by atoms with Crippen molar-refractivity contribution in [3.63, 3.8) is 0 Å². The second-order valence-electron chi connectivity index (χ2n) is 6.08. The first-order valence-electron chi connectivity index (χ1n) is 7.90. The van der Waals surface area contributed by atoms with E-state index in [1.54, 1.807) is 31.3 Å². The molecule has 0 bridgehead atoms. The van der Waals surface area contributed by atoms with E-state index in [2.05, 4.69) is 25.6 Å². The van der Waals surface area contributed by atoms with Crippen molar-refractivity contribution in [1.29, 1.82) is 0 Å². The number of aromatic nitrogens is 1. The predicted molar refractivity (Wildman–Crippen MR) is 108 cm³/mol. The van der Waals surface area contributed by atoms with Crippen LogP contribution >= 0.6 is 27.5 Å². The summed E-state index contributed by atoms with van der Waals surface area (Å²) < 4.78 is 34.3. The molecule has 2 rings (SSSR count). The minimum absolute atomic E-state index is 0.0843. The summed E-state index contributed by atoms with van der Waals surface area (Å²) in [5.41, 5.74) is 1.02. The second-order valence-corrected chi connectivity index (χ2v) is 9.12. The van der Waals surface area contributed by atoms with Crippen molar-refractivity contribution in [2.24, 2.45) is 0 Å². The monoisotopic (exact) mass is 461 g/mol. The van der Waals surface area contributed by atoms with Crippen LogP contribution < -0.4 is 9.46 Å². The summed E-state index contributed by atoms with van der Waals surface area (Å²) in [7, 11) is 0.128. The van der Waals surface area contributed by atoms with Crippen LogP contribution in [0, 0.1) is 6.92 Å². The van der Waals surface area contributed by atoms with Gasteiger partial charge in [0.15, 0.2) is 0 Å². The van der Waals surface area contributed by atoms with Gasteiger partial charge < -0.3 is 9.64 Å². The van der Waals surface area contributed by atoms with E-state index in [9.17, 15) is 8.42 Å². The molecule has 0 saturated carbocycles. The van der Waals surface area contributed by atoms with Crippen molar-refractivity contribution in [1.82, 2.24) is 9.88 Å². The first-order chi connectivity index (χ1) is 12.2. The Labute approximate surface area is 167 Å². The van der Waals surface area contributed by atoms with E-state index in [0.29, 0.717) is 16.1 Å². The van der Waals surface area contributed by atoms with Crippen LogP contribution in [0.2, 0.25) is 5.02 Å². The zero-order valence-corrected chi connectivity index (χ0v) is 17.9. The van der Waals surface area contributed by atoms with Crippen LogP contribution in [0.25, 0.3) is 0 Å². The summed E-state index contributed by atoms with van der Waals surface area (Å²) >= 11 is 9.29. The Hall–Kier alpha value is -1.35. The summed E-state index contributed by atoms with van der Waals surface area (Å²) in [5.74, 6) is 0.231. The fraction of sp³-hybridized carbons (Fsp3) is 0.353. The minimum Gasteiger partial charge on any atom is -0.476 e. The number of pyridine rings is 1. The maximum atomic E-state index is 12.7. The Kier molecular flexibility index (Phi) is 7.28. The van der Waals surface area contributed by atoms with Gasteiger partial charge in [0.2, 0.25) is 5.88 Å². The topological polar surface area (TPSA) is 71.5 Å². The Balaban J connectivity index is 2.22. The van der Waals surface area contributed by atoms with Gasteiger partial charge in [0, 0.05) is 22.2 Å². The zero-order valence-electron chi connectivity index (χ0n) is 14.8. The van der Waals surface area contributed by atoms with E-state index in [-0.39, 0.29) is 16.5 Å². The number of halogens is 2. The molecular weight excluding hydrogens is 442 g/mol. The predicted octanol–water partition coefficient (Wildman–Crippen LogP) is 3.94. The summed E-state index contributed by atoms with van der Waals surface area (Å²) in [6.45, 7) is 3.07. The lowest BCUT2D eigenvalue weighted by molar-refractivity contribution is 0.274. The molecule has 26 heavy (non-hydrogen) atoms. The minimum atomic E-state index is -3.83. The van der Waals surface area contributed by atoms with Crippen LogP contribution in [-0.2, 0) is 10.0 Å². The molecule has 0 aliphatic heterocycles. The molecule has 0 amide bonds. The summed E-state index contributed by atoms with van der Waals surface area (Å²) in [6, 6.07) is 6.26. The highest BCUT2D eigenvalue weighted by atomic mass is 79.9. The van der Waals surface area contributed by atoms with Crippen LogP contribution in [0.5, 0.6) is 5.88 Å². The first-order valence-corrected chi connectivity index (χ1v) is 10.6. The highest BCUT2D eigenvalue weighted by Gasteiger charge is 2.19. The SMILES string of the molecule is Cc1cc(Cl)cc(S(=O)(=O)Nc2cc(Br)cnc2OCCCN(C)C)c1. The largest absolute Gasteiger partial charge is 0.476 e. The molecule has 1 heterocycles. The molecular formula is C17H21BrClN3O3S. The summed E-state index contributed by atoms with van der Waals surface area (Å²) in [6.07, 6.45) is 2.35. The lowest BCUT2D eigenvalue weighted by Crippen LogP contribution is -2.17. The molecule has 1 aromatic heterocycles. The average molecular weight is 463 g/mol. The number of nitrogens with zero attached hydrogens (tertiary/aromatic N) is 2. The number of hydrogen-bond donors (Lipinski definition) is 1. The molecule has 0 unspecified atom stereocenters. The number of rotatable bonds is 8. The van der Waals surface area contributed by atoms with Crippen LogP contribution in [0.3, 0.4) is 0 Å². The highest BCUT2D eigenvalue weighted by molar-refractivity contribution is 9.10. The highest BCUT2D eigenvalue weighted by Crippen LogP contribution is 2.29. The Morgan fingerprint density at radius 2 is 2.00 bits per heavy atom. The van der Waals surface area contributed by atoms with Gasteiger partial charge in [-0.15, -0.1) is 0 Å². The van der Waals surface area contributed by atoms with Gasteiger partial charge >= 0.3 is 0 Å². The first kappa shape index (κ1) is 21.0. The fourth-order valence-corrected chi connectivity index (χ4v) is 4.09. The van der Waals surface area contributed by atoms with E-state index in [1.807, 2.05) is 19.0 Å². The maximum absolute atomic E-state index is 12.7. The molecule has 6 nitrogen and oxygen atoms in total. The van der Waals surface area contributed by atoms with E-state index in [0.717, 1.165) is 18.5 Å². The third kappa shape index (κ3) is 6.12. The van der Waals surface area contributed by atoms with Gasteiger partial charge in [0.1, 0.15) is 5.69 Å². The van der Waals surface area contributed by atoms with Crippen molar-refractivity contribution >= 4 is 43.2 Å². The number of anilines is 1. The molecule has 2 aromatic rings. The Bertz CT molecular complexity index is 855. The van der Waals surface area contributed by atoms with Crippen molar-refractivity contribution in [3.8, 4) is 5.88 Å². The molecule has 1 N–H and O–H groups in total. The van der Waals surface area contributed by atoms with Gasteiger partial charge in [-0.2, -0.15) is 0 Å². The molecule has 0 radical (unpaired) electrons. The second kappa shape index (κ2) is 9.03. The summed E-state index contributed by atoms with van der Waals surface area (Å²) in [4.78, 5) is 6.30. The van der Waals surface area contributed by atoms with Gasteiger partial charge in [-0.3, -0.25) is 4.72 Å². The Morgan fingerprint density at radius 3 is 2.65 bits per heavy atom. The molecule has 0 atom stereocenters. The molecule has 0 saturated heterocycles. The summed E-state index contributed by atoms with van der Waals surface area (Å²) in [5, 5.41) is 0.359. The van der Waals surface area contributed by atoms with Crippen LogP contribution in [-0.4, -0.2) is 45.5 Å². The zero-order chi connectivity index (χ0) is 19.3. The fourth-order valence-electron chi connectivity index (χ4n) is 2.23. The van der Waals surface area contributed by atoms with Gasteiger partial charge in [0.05, 0.1) is 11.5 Å². The van der Waals surface area contributed by atoms with Crippen LogP contribution in [0.4, 0.5) is 5.69 Å². The molecule has 0 aliphatic carbocycles. The van der Waals surface area contributed by atoms with E-state index in [1.165, 1.54) is 6.07 Å². The van der Waals surface area contributed by atoms with E-state index in [4.69, 9.17) is 16.3 Å². The Morgan fingerprint density at radius 1 is 1.27 bits per heavy atom. The molecule has 9 heteroatoms. The van der Waals surface area contributed by atoms with Crippen LogP contribution in [0.15, 0.2) is 39.8 Å². The van der Waals surface area contributed by atoms with Gasteiger partial charge in [-0.05, 0) is 73.2 Å². The number of sulfonamides is 1. The smallest absolute Gasteiger partial charge is 0.262 e. The molecule has 0 fully saturated rings. The van der Waals surface area contributed by atoms with E-state index >= 15 is 0 Å². The lowest BCUT2D eigenvalue weighted by atomic mass is 10.2. The van der Waals surface area contributed by atoms with Gasteiger partial charge in [0.25, 0.3) is 10.0 Å². The van der Waals surface area contributed by atoms with Gasteiger partial charge in [-0.25, -0.2) is 13.4 Å². The normalized spacial score (nSPS) is 11.6. The molecule has 0 spiro atoms. The number of ether oxygens (including phenoxy) is 1. The third-order valence-corrected chi connectivity index (χ3v) is 5.37. The van der Waals surface area contributed by atoms with Crippen molar-refractivity contribution in [3.05, 3.63) is 45.5 Å². The number of benzene rings is 1. The molecule has 1 aromatic carbocycles.